The highest BCUT2D eigenvalue weighted by atomic mass is 32.1. The van der Waals surface area contributed by atoms with Gasteiger partial charge in [-0.25, -0.2) is 0 Å². The molecule has 0 bridgehead atoms. The lowest BCUT2D eigenvalue weighted by atomic mass is 10.1. The average molecular weight is 361 g/mol. The van der Waals surface area contributed by atoms with Crippen LogP contribution in [0.15, 0.2) is 29.4 Å². The Morgan fingerprint density at radius 1 is 1.32 bits per heavy atom. The summed E-state index contributed by atoms with van der Waals surface area (Å²) < 4.78 is 8.31. The SMILES string of the molecule is CCCCc1cn(C(C)(C)C)sc1=NC(=O)c1cc(C)ccc1OC. The molecule has 5 heteroatoms. The van der Waals surface area contributed by atoms with Gasteiger partial charge in [0.2, 0.25) is 0 Å². The molecule has 1 aromatic heterocycles. The van der Waals surface area contributed by atoms with Crippen LogP contribution in [0.2, 0.25) is 0 Å². The minimum atomic E-state index is -0.249. The van der Waals surface area contributed by atoms with Gasteiger partial charge in [0.1, 0.15) is 10.4 Å². The largest absolute Gasteiger partial charge is 0.496 e. The summed E-state index contributed by atoms with van der Waals surface area (Å²) in [6.07, 6.45) is 5.28. The molecule has 0 saturated carbocycles. The summed E-state index contributed by atoms with van der Waals surface area (Å²) in [5.41, 5.74) is 2.65. The van der Waals surface area contributed by atoms with Gasteiger partial charge in [-0.05, 0) is 64.2 Å². The summed E-state index contributed by atoms with van der Waals surface area (Å²) in [7, 11) is 1.58. The Bertz CT molecular complexity index is 810. The van der Waals surface area contributed by atoms with Crippen molar-refractivity contribution in [2.75, 3.05) is 7.11 Å². The average Bonchev–Trinajstić information content (AvgIpc) is 2.95. The van der Waals surface area contributed by atoms with Crippen LogP contribution in [0.1, 0.15) is 62.0 Å². The summed E-state index contributed by atoms with van der Waals surface area (Å²) in [5, 5.41) is 0. The molecular formula is C20H28N2O2S. The number of hydrogen-bond donors (Lipinski definition) is 0. The highest BCUT2D eigenvalue weighted by molar-refractivity contribution is 7.04. The normalized spacial score (nSPS) is 12.5. The molecular weight excluding hydrogens is 332 g/mol. The molecule has 1 aromatic carbocycles. The lowest BCUT2D eigenvalue weighted by molar-refractivity contribution is 0.0996. The Hall–Kier alpha value is -1.88. The Kier molecular flexibility index (Phi) is 6.22. The van der Waals surface area contributed by atoms with Crippen molar-refractivity contribution >= 4 is 17.4 Å². The van der Waals surface area contributed by atoms with E-state index in [2.05, 4.69) is 42.8 Å². The molecule has 2 rings (SSSR count). The molecule has 4 nitrogen and oxygen atoms in total. The second-order valence-corrected chi connectivity index (χ2v) is 8.23. The number of aryl methyl sites for hydroxylation is 2. The summed E-state index contributed by atoms with van der Waals surface area (Å²) >= 11 is 1.55. The molecule has 1 amide bonds. The molecule has 0 radical (unpaired) electrons. The number of hydrogen-bond acceptors (Lipinski definition) is 3. The molecule has 25 heavy (non-hydrogen) atoms. The van der Waals surface area contributed by atoms with E-state index in [4.69, 9.17) is 4.74 Å². The zero-order chi connectivity index (χ0) is 18.6. The number of carbonyl (C=O) groups excluding carboxylic acids is 1. The molecule has 0 fully saturated rings. The first-order valence-electron chi connectivity index (χ1n) is 8.72. The standard InChI is InChI=1S/C20H28N2O2S/c1-7-8-9-15-13-22(20(3,4)5)25-19(15)21-18(23)16-12-14(2)10-11-17(16)24-6/h10-13H,7-9H2,1-6H3. The third-order valence-corrected chi connectivity index (χ3v) is 5.36. The van der Waals surface area contributed by atoms with Crippen molar-refractivity contribution in [3.8, 4) is 5.75 Å². The van der Waals surface area contributed by atoms with E-state index >= 15 is 0 Å². The third kappa shape index (κ3) is 4.82. The number of amides is 1. The molecule has 0 aliphatic rings. The Morgan fingerprint density at radius 3 is 2.64 bits per heavy atom. The second kappa shape index (κ2) is 8.00. The number of nitrogens with zero attached hydrogens (tertiary/aromatic N) is 2. The number of ether oxygens (including phenoxy) is 1. The molecule has 0 unspecified atom stereocenters. The van der Waals surface area contributed by atoms with Gasteiger partial charge in [0, 0.05) is 17.3 Å². The minimum absolute atomic E-state index is 0.0243. The quantitative estimate of drug-likeness (QED) is 0.775. The van der Waals surface area contributed by atoms with Crippen molar-refractivity contribution in [3.63, 3.8) is 0 Å². The fourth-order valence-electron chi connectivity index (χ4n) is 2.48. The monoisotopic (exact) mass is 360 g/mol. The van der Waals surface area contributed by atoms with Gasteiger partial charge in [-0.2, -0.15) is 4.99 Å². The van der Waals surface area contributed by atoms with Crippen molar-refractivity contribution < 1.29 is 9.53 Å². The number of aromatic nitrogens is 1. The van der Waals surface area contributed by atoms with Crippen molar-refractivity contribution in [2.45, 2.75) is 59.4 Å². The van der Waals surface area contributed by atoms with Crippen molar-refractivity contribution in [1.82, 2.24) is 3.96 Å². The fraction of sp³-hybridized carbons (Fsp3) is 0.500. The van der Waals surface area contributed by atoms with Gasteiger partial charge >= 0.3 is 0 Å². The van der Waals surface area contributed by atoms with Crippen LogP contribution in [0.4, 0.5) is 0 Å². The fourth-order valence-corrected chi connectivity index (χ4v) is 3.51. The van der Waals surface area contributed by atoms with Gasteiger partial charge in [-0.15, -0.1) is 0 Å². The second-order valence-electron chi connectivity index (χ2n) is 7.27. The first kappa shape index (κ1) is 19.4. The Morgan fingerprint density at radius 2 is 2.04 bits per heavy atom. The highest BCUT2D eigenvalue weighted by Crippen LogP contribution is 2.21. The molecule has 0 N–H and O–H groups in total. The lowest BCUT2D eigenvalue weighted by Gasteiger charge is -2.19. The third-order valence-electron chi connectivity index (χ3n) is 3.98. The topological polar surface area (TPSA) is 43.6 Å². The van der Waals surface area contributed by atoms with Crippen LogP contribution in [-0.4, -0.2) is 17.0 Å². The Balaban J connectivity index is 2.50. The van der Waals surface area contributed by atoms with Gasteiger partial charge in [-0.1, -0.05) is 25.0 Å². The van der Waals surface area contributed by atoms with E-state index in [1.165, 1.54) is 0 Å². The maximum atomic E-state index is 12.8. The maximum absolute atomic E-state index is 12.8. The number of carbonyl (C=O) groups is 1. The molecule has 0 aliphatic heterocycles. The molecule has 2 aromatic rings. The van der Waals surface area contributed by atoms with Crippen molar-refractivity contribution in [3.05, 3.63) is 45.8 Å². The number of unbranched alkanes of at least 4 members (excludes halogenated alkanes) is 1. The van der Waals surface area contributed by atoms with Gasteiger partial charge in [0.05, 0.1) is 12.7 Å². The van der Waals surface area contributed by atoms with Gasteiger partial charge in [-0.3, -0.25) is 8.75 Å². The predicted octanol–water partition coefficient (Wildman–Crippen LogP) is 4.71. The van der Waals surface area contributed by atoms with Crippen LogP contribution in [0.5, 0.6) is 5.75 Å². The predicted molar refractivity (Wildman–Crippen MR) is 104 cm³/mol. The van der Waals surface area contributed by atoms with Gasteiger partial charge < -0.3 is 4.74 Å². The Labute approximate surface area is 154 Å². The number of rotatable bonds is 5. The highest BCUT2D eigenvalue weighted by Gasteiger charge is 2.17. The van der Waals surface area contributed by atoms with Gasteiger partial charge in [0.15, 0.2) is 0 Å². The molecule has 136 valence electrons. The van der Waals surface area contributed by atoms with Crippen LogP contribution >= 0.6 is 11.5 Å². The number of benzene rings is 1. The molecule has 0 atom stereocenters. The molecule has 1 heterocycles. The lowest BCUT2D eigenvalue weighted by Crippen LogP contribution is -2.18. The van der Waals surface area contributed by atoms with Crippen LogP contribution < -0.4 is 9.41 Å². The molecule has 0 spiro atoms. The van der Waals surface area contributed by atoms with Crippen molar-refractivity contribution in [2.24, 2.45) is 4.99 Å². The first-order valence-corrected chi connectivity index (χ1v) is 9.49. The van der Waals surface area contributed by atoms with E-state index in [9.17, 15) is 4.79 Å². The smallest absolute Gasteiger partial charge is 0.282 e. The molecule has 0 saturated heterocycles. The summed E-state index contributed by atoms with van der Waals surface area (Å²) in [4.78, 5) is 17.2. The number of methoxy groups -OCH3 is 1. The first-order chi connectivity index (χ1) is 11.8. The van der Waals surface area contributed by atoms with E-state index in [1.807, 2.05) is 25.1 Å². The van der Waals surface area contributed by atoms with Crippen LogP contribution in [-0.2, 0) is 12.0 Å². The van der Waals surface area contributed by atoms with Crippen molar-refractivity contribution in [1.29, 1.82) is 0 Å². The minimum Gasteiger partial charge on any atom is -0.496 e. The zero-order valence-electron chi connectivity index (χ0n) is 16.0. The van der Waals surface area contributed by atoms with E-state index in [0.717, 1.165) is 35.1 Å². The van der Waals surface area contributed by atoms with E-state index in [0.29, 0.717) is 11.3 Å². The van der Waals surface area contributed by atoms with Crippen LogP contribution in [0.25, 0.3) is 0 Å². The zero-order valence-corrected chi connectivity index (χ0v) is 16.9. The maximum Gasteiger partial charge on any atom is 0.282 e. The van der Waals surface area contributed by atoms with E-state index in [-0.39, 0.29) is 11.4 Å². The van der Waals surface area contributed by atoms with Crippen LogP contribution in [0, 0.1) is 6.92 Å². The van der Waals surface area contributed by atoms with Crippen LogP contribution in [0.3, 0.4) is 0 Å². The summed E-state index contributed by atoms with van der Waals surface area (Å²) in [6.45, 7) is 10.6. The van der Waals surface area contributed by atoms with E-state index < -0.39 is 0 Å². The molecule has 0 aliphatic carbocycles. The summed E-state index contributed by atoms with van der Waals surface area (Å²) in [5.74, 6) is 0.316. The summed E-state index contributed by atoms with van der Waals surface area (Å²) in [6, 6.07) is 5.59. The van der Waals surface area contributed by atoms with E-state index in [1.54, 1.807) is 18.6 Å². The van der Waals surface area contributed by atoms with Gasteiger partial charge in [0.25, 0.3) is 5.91 Å².